The third kappa shape index (κ3) is 5.14. The molecule has 0 saturated carbocycles. The second-order valence-electron chi connectivity index (χ2n) is 6.35. The van der Waals surface area contributed by atoms with Gasteiger partial charge in [0.05, 0.1) is 18.6 Å². The second-order valence-corrected chi connectivity index (χ2v) is 8.88. The van der Waals surface area contributed by atoms with Gasteiger partial charge in [0.15, 0.2) is 0 Å². The summed E-state index contributed by atoms with van der Waals surface area (Å²) in [6, 6.07) is 8.06. The normalized spacial score (nSPS) is 14.2. The number of amides is 2. The van der Waals surface area contributed by atoms with Gasteiger partial charge in [-0.05, 0) is 42.5 Å². The summed E-state index contributed by atoms with van der Waals surface area (Å²) in [6.07, 6.45) is 1.51. The number of carbonyl (C=O) groups is 2. The number of methoxy groups -OCH3 is 1. The van der Waals surface area contributed by atoms with Crippen LogP contribution < -0.4 is 15.0 Å². The predicted molar refractivity (Wildman–Crippen MR) is 109 cm³/mol. The molecule has 1 aliphatic heterocycles. The molecular formula is C19H22N2O6S2. The first-order valence-corrected chi connectivity index (χ1v) is 11.4. The van der Waals surface area contributed by atoms with Crippen molar-refractivity contribution in [3.63, 3.8) is 0 Å². The molecule has 0 spiro atoms. The van der Waals surface area contributed by atoms with Gasteiger partial charge in [-0.2, -0.15) is 8.42 Å². The molecule has 29 heavy (non-hydrogen) atoms. The van der Waals surface area contributed by atoms with Crippen LogP contribution in [0.4, 0.5) is 5.69 Å². The van der Waals surface area contributed by atoms with E-state index < -0.39 is 10.1 Å². The molecule has 1 aliphatic rings. The molecule has 2 aromatic rings. The van der Waals surface area contributed by atoms with Crippen molar-refractivity contribution in [2.45, 2.75) is 24.2 Å². The summed E-state index contributed by atoms with van der Waals surface area (Å²) < 4.78 is 35.6. The van der Waals surface area contributed by atoms with E-state index in [-0.39, 0.29) is 35.6 Å². The first kappa shape index (κ1) is 21.3. The lowest BCUT2D eigenvalue weighted by Crippen LogP contribution is -2.25. The van der Waals surface area contributed by atoms with Gasteiger partial charge in [0, 0.05) is 25.2 Å². The highest BCUT2D eigenvalue weighted by molar-refractivity contribution is 7.86. The van der Waals surface area contributed by atoms with E-state index in [2.05, 4.69) is 5.32 Å². The molecule has 3 rings (SSSR count). The van der Waals surface area contributed by atoms with E-state index in [0.29, 0.717) is 30.0 Å². The maximum atomic E-state index is 12.7. The van der Waals surface area contributed by atoms with Crippen LogP contribution in [0, 0.1) is 0 Å². The van der Waals surface area contributed by atoms with Crippen molar-refractivity contribution in [1.29, 1.82) is 0 Å². The highest BCUT2D eigenvalue weighted by Gasteiger charge is 2.26. The van der Waals surface area contributed by atoms with Crippen LogP contribution in [0.25, 0.3) is 0 Å². The third-order valence-corrected chi connectivity index (χ3v) is 6.60. The summed E-state index contributed by atoms with van der Waals surface area (Å²) >= 11 is 1.33. The Morgan fingerprint density at radius 3 is 2.79 bits per heavy atom. The summed E-state index contributed by atoms with van der Waals surface area (Å²) in [6.45, 7) is 0.740. The van der Waals surface area contributed by atoms with Gasteiger partial charge in [0.1, 0.15) is 10.6 Å². The lowest BCUT2D eigenvalue weighted by molar-refractivity contribution is -0.117. The maximum absolute atomic E-state index is 12.7. The molecule has 0 unspecified atom stereocenters. The van der Waals surface area contributed by atoms with Gasteiger partial charge >= 0.3 is 10.1 Å². The van der Waals surface area contributed by atoms with Crippen molar-refractivity contribution in [2.75, 3.05) is 31.7 Å². The van der Waals surface area contributed by atoms with E-state index in [0.717, 1.165) is 6.42 Å². The Bertz CT molecular complexity index is 973. The molecule has 1 aromatic carbocycles. The van der Waals surface area contributed by atoms with Crippen molar-refractivity contribution in [1.82, 2.24) is 5.32 Å². The van der Waals surface area contributed by atoms with Crippen LogP contribution in [0.1, 0.15) is 28.9 Å². The standard InChI is InChI=1S/C19H22N2O6S2/c1-26-15-8-7-14(21-10-2-6-18(21)22)13-17(15)29(24,25)27-11-4-9-20-19(23)16-5-3-12-28-16/h3,5,7-8,12-13H,2,4,6,9-11H2,1H3,(H,20,23). The van der Waals surface area contributed by atoms with Gasteiger partial charge in [-0.15, -0.1) is 11.3 Å². The molecule has 1 aromatic heterocycles. The highest BCUT2D eigenvalue weighted by Crippen LogP contribution is 2.32. The van der Waals surface area contributed by atoms with Crippen molar-refractivity contribution in [2.24, 2.45) is 0 Å². The first-order chi connectivity index (χ1) is 13.9. The average molecular weight is 439 g/mol. The van der Waals surface area contributed by atoms with Crippen molar-refractivity contribution in [3.8, 4) is 5.75 Å². The number of nitrogens with one attached hydrogen (secondary N) is 1. The Labute approximate surface area is 173 Å². The zero-order valence-electron chi connectivity index (χ0n) is 15.9. The number of nitrogens with zero attached hydrogens (tertiary/aromatic N) is 1. The fourth-order valence-corrected chi connectivity index (χ4v) is 4.72. The molecule has 0 bridgehead atoms. The van der Waals surface area contributed by atoms with Crippen LogP contribution in [0.5, 0.6) is 5.75 Å². The van der Waals surface area contributed by atoms with Gasteiger partial charge in [-0.25, -0.2) is 0 Å². The Hall–Kier alpha value is -2.43. The third-order valence-electron chi connectivity index (χ3n) is 4.39. The number of ether oxygens (including phenoxy) is 1. The van der Waals surface area contributed by atoms with E-state index in [1.54, 1.807) is 23.1 Å². The minimum absolute atomic E-state index is 0.0408. The smallest absolute Gasteiger partial charge is 0.300 e. The van der Waals surface area contributed by atoms with Crippen molar-refractivity contribution < 1.29 is 26.9 Å². The molecule has 2 amide bonds. The van der Waals surface area contributed by atoms with Crippen LogP contribution in [0.15, 0.2) is 40.6 Å². The molecule has 8 nitrogen and oxygen atoms in total. The molecule has 2 heterocycles. The number of hydrogen-bond donors (Lipinski definition) is 1. The van der Waals surface area contributed by atoms with E-state index in [4.69, 9.17) is 8.92 Å². The van der Waals surface area contributed by atoms with Crippen molar-refractivity contribution >= 4 is 39.0 Å². The van der Waals surface area contributed by atoms with Crippen LogP contribution >= 0.6 is 11.3 Å². The Balaban J connectivity index is 1.60. The quantitative estimate of drug-likeness (QED) is 0.477. The van der Waals surface area contributed by atoms with Crippen molar-refractivity contribution in [3.05, 3.63) is 40.6 Å². The molecule has 1 saturated heterocycles. The fourth-order valence-electron chi connectivity index (χ4n) is 2.95. The second kappa shape index (κ2) is 9.38. The summed E-state index contributed by atoms with van der Waals surface area (Å²) in [5.41, 5.74) is 0.499. The zero-order valence-corrected chi connectivity index (χ0v) is 17.6. The minimum Gasteiger partial charge on any atom is -0.495 e. The topological polar surface area (TPSA) is 102 Å². The summed E-state index contributed by atoms with van der Waals surface area (Å²) in [7, 11) is -2.72. The first-order valence-electron chi connectivity index (χ1n) is 9.12. The van der Waals surface area contributed by atoms with E-state index >= 15 is 0 Å². The van der Waals surface area contributed by atoms with Gasteiger partial charge in [-0.3, -0.25) is 13.8 Å². The van der Waals surface area contributed by atoms with Crippen LogP contribution in [0.2, 0.25) is 0 Å². The van der Waals surface area contributed by atoms with Gasteiger partial charge in [0.25, 0.3) is 5.91 Å². The molecule has 0 aliphatic carbocycles. The Morgan fingerprint density at radius 2 is 2.14 bits per heavy atom. The largest absolute Gasteiger partial charge is 0.495 e. The number of rotatable bonds is 9. The van der Waals surface area contributed by atoms with E-state index in [1.165, 1.54) is 30.6 Å². The molecule has 0 radical (unpaired) electrons. The Morgan fingerprint density at radius 1 is 1.31 bits per heavy atom. The monoisotopic (exact) mass is 438 g/mol. The molecule has 1 fully saturated rings. The van der Waals surface area contributed by atoms with Gasteiger partial charge in [0.2, 0.25) is 5.91 Å². The van der Waals surface area contributed by atoms with E-state index in [9.17, 15) is 18.0 Å². The van der Waals surface area contributed by atoms with Crippen LogP contribution in [-0.4, -0.2) is 47.0 Å². The average Bonchev–Trinajstić information content (AvgIpc) is 3.39. The minimum atomic E-state index is -4.09. The molecule has 1 N–H and O–H groups in total. The van der Waals surface area contributed by atoms with Gasteiger partial charge < -0.3 is 15.0 Å². The number of hydrogen-bond acceptors (Lipinski definition) is 7. The highest BCUT2D eigenvalue weighted by atomic mass is 32.2. The maximum Gasteiger partial charge on any atom is 0.300 e. The molecular weight excluding hydrogens is 416 g/mol. The SMILES string of the molecule is COc1ccc(N2CCCC2=O)cc1S(=O)(=O)OCCCNC(=O)c1cccs1. The summed E-state index contributed by atoms with van der Waals surface area (Å²) in [5, 5.41) is 4.52. The molecule has 156 valence electrons. The fraction of sp³-hybridized carbons (Fsp3) is 0.368. The lowest BCUT2D eigenvalue weighted by Gasteiger charge is -2.18. The molecule has 10 heteroatoms. The van der Waals surface area contributed by atoms with E-state index in [1.807, 2.05) is 5.38 Å². The number of carbonyl (C=O) groups excluding carboxylic acids is 2. The molecule has 0 atom stereocenters. The van der Waals surface area contributed by atoms with Gasteiger partial charge in [-0.1, -0.05) is 6.07 Å². The number of thiophene rings is 1. The Kier molecular flexibility index (Phi) is 6.88. The predicted octanol–water partition coefficient (Wildman–Crippen LogP) is 2.41. The number of benzene rings is 1. The van der Waals surface area contributed by atoms with Crippen LogP contribution in [-0.2, 0) is 19.1 Å². The number of anilines is 1. The van der Waals surface area contributed by atoms with Crippen LogP contribution in [0.3, 0.4) is 0 Å². The lowest BCUT2D eigenvalue weighted by atomic mass is 10.3. The summed E-state index contributed by atoms with van der Waals surface area (Å²) in [5.74, 6) is -0.0974. The summed E-state index contributed by atoms with van der Waals surface area (Å²) in [4.78, 5) is 25.8. The zero-order chi connectivity index (χ0) is 20.9.